The van der Waals surface area contributed by atoms with E-state index in [1.165, 1.54) is 18.4 Å². The van der Waals surface area contributed by atoms with Gasteiger partial charge < -0.3 is 9.47 Å². The van der Waals surface area contributed by atoms with Crippen molar-refractivity contribution in [2.45, 2.75) is 6.42 Å². The van der Waals surface area contributed by atoms with Crippen molar-refractivity contribution >= 4 is 49.2 Å². The number of thiophene rings is 1. The molecule has 106 valence electrons. The first-order valence-electron chi connectivity index (χ1n) is 5.71. The molecule has 0 aliphatic heterocycles. The molecule has 0 atom stereocenters. The highest BCUT2D eigenvalue weighted by Crippen LogP contribution is 2.29. The molecule has 0 bridgehead atoms. The number of aromatic nitrogens is 1. The van der Waals surface area contributed by atoms with Crippen LogP contribution in [0.15, 0.2) is 33.5 Å². The molecule has 0 spiro atoms. The van der Waals surface area contributed by atoms with Crippen LogP contribution < -0.4 is 4.74 Å². The lowest BCUT2D eigenvalue weighted by atomic mass is 10.3. The molecule has 2 aromatic rings. The Morgan fingerprint density at radius 1 is 1.45 bits per heavy atom. The number of nitrogens with zero attached hydrogens (tertiary/aromatic N) is 1. The van der Waals surface area contributed by atoms with Crippen LogP contribution in [0.4, 0.5) is 0 Å². The second-order valence-corrected chi connectivity index (χ2v) is 6.51. The molecular weight excluding hydrogens is 410 g/mol. The van der Waals surface area contributed by atoms with Crippen molar-refractivity contribution in [3.05, 3.63) is 43.2 Å². The lowest BCUT2D eigenvalue weighted by Gasteiger charge is -2.06. The fourth-order valence-corrected chi connectivity index (χ4v) is 3.65. The Kier molecular flexibility index (Phi) is 5.56. The maximum atomic E-state index is 11.4. The first-order valence-corrected chi connectivity index (χ1v) is 8.12. The van der Waals surface area contributed by atoms with Gasteiger partial charge >= 0.3 is 5.97 Å². The van der Waals surface area contributed by atoms with E-state index >= 15 is 0 Å². The minimum Gasteiger partial charge on any atom is -0.490 e. The Morgan fingerprint density at radius 2 is 2.25 bits per heavy atom. The predicted molar refractivity (Wildman–Crippen MR) is 84.5 cm³/mol. The standard InChI is InChI=1S/C13H11Br2NO3S/c1-18-13(17)11-7-8(14)10(20-11)4-6-19-9-3-2-5-16-12(9)15/h2-3,5,7H,4,6H2,1H3. The SMILES string of the molecule is COC(=O)c1cc(Br)c(CCOc2cccnc2Br)s1. The number of carbonyl (C=O) groups is 1. The van der Waals surface area contributed by atoms with E-state index in [-0.39, 0.29) is 5.97 Å². The molecule has 0 unspecified atom stereocenters. The highest BCUT2D eigenvalue weighted by atomic mass is 79.9. The Bertz CT molecular complexity index is 615. The summed E-state index contributed by atoms with van der Waals surface area (Å²) in [6, 6.07) is 5.43. The van der Waals surface area contributed by atoms with Crippen LogP contribution in [0.2, 0.25) is 0 Å². The molecule has 0 aliphatic carbocycles. The van der Waals surface area contributed by atoms with Crippen LogP contribution in [0.5, 0.6) is 5.75 Å². The average molecular weight is 421 g/mol. The summed E-state index contributed by atoms with van der Waals surface area (Å²) < 4.78 is 11.9. The highest BCUT2D eigenvalue weighted by Gasteiger charge is 2.13. The van der Waals surface area contributed by atoms with Crippen molar-refractivity contribution in [1.82, 2.24) is 4.98 Å². The molecule has 7 heteroatoms. The number of halogens is 2. The fraction of sp³-hybridized carbons (Fsp3) is 0.231. The molecule has 0 saturated carbocycles. The van der Waals surface area contributed by atoms with Gasteiger partial charge in [-0.25, -0.2) is 9.78 Å². The molecular formula is C13H11Br2NO3S. The zero-order valence-electron chi connectivity index (χ0n) is 10.6. The molecule has 0 fully saturated rings. The van der Waals surface area contributed by atoms with E-state index in [1.807, 2.05) is 12.1 Å². The number of carbonyl (C=O) groups excluding carboxylic acids is 1. The third-order valence-corrected chi connectivity index (χ3v) is 5.20. The number of methoxy groups -OCH3 is 1. The molecule has 0 aliphatic rings. The van der Waals surface area contributed by atoms with Gasteiger partial charge in [0, 0.05) is 22.0 Å². The summed E-state index contributed by atoms with van der Waals surface area (Å²) in [6.45, 7) is 0.504. The Hall–Kier alpha value is -0.920. The zero-order chi connectivity index (χ0) is 14.5. The minimum absolute atomic E-state index is 0.321. The second kappa shape index (κ2) is 7.19. The molecule has 2 rings (SSSR count). The van der Waals surface area contributed by atoms with E-state index in [4.69, 9.17) is 9.47 Å². The molecule has 0 amide bonds. The number of rotatable bonds is 5. The van der Waals surface area contributed by atoms with E-state index < -0.39 is 0 Å². The van der Waals surface area contributed by atoms with Gasteiger partial charge in [0.05, 0.1) is 13.7 Å². The van der Waals surface area contributed by atoms with Crippen molar-refractivity contribution in [1.29, 1.82) is 0 Å². The average Bonchev–Trinajstić information content (AvgIpc) is 2.81. The van der Waals surface area contributed by atoms with Gasteiger partial charge in [0.25, 0.3) is 0 Å². The molecule has 0 aromatic carbocycles. The van der Waals surface area contributed by atoms with Crippen molar-refractivity contribution in [2.75, 3.05) is 13.7 Å². The molecule has 2 aromatic heterocycles. The summed E-state index contributed by atoms with van der Waals surface area (Å²) in [6.07, 6.45) is 2.39. The quantitative estimate of drug-likeness (QED) is 0.540. The number of pyridine rings is 1. The molecule has 0 saturated heterocycles. The van der Waals surface area contributed by atoms with Crippen LogP contribution in [0.1, 0.15) is 14.5 Å². The largest absolute Gasteiger partial charge is 0.490 e. The predicted octanol–water partition coefficient (Wildman–Crippen LogP) is 4.08. The van der Waals surface area contributed by atoms with E-state index in [1.54, 1.807) is 12.3 Å². The topological polar surface area (TPSA) is 48.4 Å². The maximum Gasteiger partial charge on any atom is 0.348 e. The van der Waals surface area contributed by atoms with Crippen molar-refractivity contribution < 1.29 is 14.3 Å². The maximum absolute atomic E-state index is 11.4. The molecule has 4 nitrogen and oxygen atoms in total. The van der Waals surface area contributed by atoms with Crippen LogP contribution >= 0.6 is 43.2 Å². The molecule has 2 heterocycles. The van der Waals surface area contributed by atoms with Gasteiger partial charge in [0.15, 0.2) is 5.75 Å². The lowest BCUT2D eigenvalue weighted by Crippen LogP contribution is -2.01. The van der Waals surface area contributed by atoms with E-state index in [2.05, 4.69) is 36.8 Å². The summed E-state index contributed by atoms with van der Waals surface area (Å²) in [4.78, 5) is 17.2. The van der Waals surface area contributed by atoms with Gasteiger partial charge in [-0.15, -0.1) is 11.3 Å². The Labute approximate surface area is 137 Å². The summed E-state index contributed by atoms with van der Waals surface area (Å²) in [5, 5.41) is 0. The van der Waals surface area contributed by atoms with Crippen LogP contribution in [-0.4, -0.2) is 24.7 Å². The lowest BCUT2D eigenvalue weighted by molar-refractivity contribution is 0.0606. The van der Waals surface area contributed by atoms with Crippen LogP contribution in [0.25, 0.3) is 0 Å². The smallest absolute Gasteiger partial charge is 0.348 e. The van der Waals surface area contributed by atoms with Crippen LogP contribution in [0.3, 0.4) is 0 Å². The van der Waals surface area contributed by atoms with Crippen molar-refractivity contribution in [3.8, 4) is 5.75 Å². The monoisotopic (exact) mass is 419 g/mol. The van der Waals surface area contributed by atoms with E-state index in [0.29, 0.717) is 28.3 Å². The summed E-state index contributed by atoms with van der Waals surface area (Å²) in [5.74, 6) is 0.381. The van der Waals surface area contributed by atoms with Gasteiger partial charge in [-0.3, -0.25) is 0 Å². The first-order chi connectivity index (χ1) is 9.61. The van der Waals surface area contributed by atoms with Crippen LogP contribution in [-0.2, 0) is 11.2 Å². The molecule has 0 radical (unpaired) electrons. The van der Waals surface area contributed by atoms with Crippen LogP contribution in [0, 0.1) is 0 Å². The number of hydrogen-bond acceptors (Lipinski definition) is 5. The van der Waals surface area contributed by atoms with Gasteiger partial charge in [0.2, 0.25) is 0 Å². The highest BCUT2D eigenvalue weighted by molar-refractivity contribution is 9.10. The minimum atomic E-state index is -0.321. The normalized spacial score (nSPS) is 10.3. The number of esters is 1. The summed E-state index contributed by atoms with van der Waals surface area (Å²) in [7, 11) is 1.37. The Morgan fingerprint density at radius 3 is 2.95 bits per heavy atom. The van der Waals surface area contributed by atoms with E-state index in [9.17, 15) is 4.79 Å². The molecule has 20 heavy (non-hydrogen) atoms. The van der Waals surface area contributed by atoms with Crippen molar-refractivity contribution in [3.63, 3.8) is 0 Å². The third kappa shape index (κ3) is 3.80. The second-order valence-electron chi connectivity index (χ2n) is 3.76. The van der Waals surface area contributed by atoms with Gasteiger partial charge in [-0.1, -0.05) is 0 Å². The molecule has 0 N–H and O–H groups in total. The summed E-state index contributed by atoms with van der Waals surface area (Å²) >= 11 is 8.17. The number of hydrogen-bond donors (Lipinski definition) is 0. The first kappa shape index (κ1) is 15.5. The Balaban J connectivity index is 1.96. The van der Waals surface area contributed by atoms with Gasteiger partial charge in [0.1, 0.15) is 9.48 Å². The van der Waals surface area contributed by atoms with E-state index in [0.717, 1.165) is 9.35 Å². The van der Waals surface area contributed by atoms with Gasteiger partial charge in [-0.05, 0) is 50.1 Å². The zero-order valence-corrected chi connectivity index (χ0v) is 14.5. The van der Waals surface area contributed by atoms with Gasteiger partial charge in [-0.2, -0.15) is 0 Å². The third-order valence-electron chi connectivity index (χ3n) is 2.46. The fourth-order valence-electron chi connectivity index (χ4n) is 1.51. The number of ether oxygens (including phenoxy) is 2. The van der Waals surface area contributed by atoms with Crippen molar-refractivity contribution in [2.24, 2.45) is 0 Å². The summed E-state index contributed by atoms with van der Waals surface area (Å²) in [5.41, 5.74) is 0.